The van der Waals surface area contributed by atoms with E-state index in [4.69, 9.17) is 0 Å². The number of hydrogen-bond donors (Lipinski definition) is 1. The zero-order valence-electron chi connectivity index (χ0n) is 10.2. The molecule has 0 spiro atoms. The number of rotatable bonds is 2. The molecule has 0 aromatic rings. The van der Waals surface area contributed by atoms with Crippen LogP contribution in [0.2, 0.25) is 0 Å². The molecular weight excluding hydrogens is 222 g/mol. The summed E-state index contributed by atoms with van der Waals surface area (Å²) in [5, 5.41) is 10.4. The van der Waals surface area contributed by atoms with Crippen LogP contribution in [0.3, 0.4) is 0 Å². The molecule has 98 valence electrons. The van der Waals surface area contributed by atoms with Gasteiger partial charge in [0.2, 0.25) is 5.92 Å². The Morgan fingerprint density at radius 1 is 1.00 bits per heavy atom. The van der Waals surface area contributed by atoms with Crippen LogP contribution in [-0.4, -0.2) is 17.1 Å². The van der Waals surface area contributed by atoms with Gasteiger partial charge in [0.1, 0.15) is 0 Å². The van der Waals surface area contributed by atoms with Gasteiger partial charge in [-0.1, -0.05) is 6.42 Å². The molecule has 17 heavy (non-hydrogen) atoms. The summed E-state index contributed by atoms with van der Waals surface area (Å²) >= 11 is 0. The van der Waals surface area contributed by atoms with Crippen molar-refractivity contribution in [3.8, 4) is 0 Å². The predicted molar refractivity (Wildman–Crippen MR) is 61.8 cm³/mol. The molecule has 1 N–H and O–H groups in total. The lowest BCUT2D eigenvalue weighted by molar-refractivity contribution is -0.0744. The molecule has 0 saturated heterocycles. The quantitative estimate of drug-likeness (QED) is 0.786. The highest BCUT2D eigenvalue weighted by Gasteiger charge is 2.46. The van der Waals surface area contributed by atoms with Crippen LogP contribution < -0.4 is 0 Å². The normalized spacial score (nSPS) is 42.9. The molecule has 3 aliphatic rings. The SMILES string of the molecule is OC(C1CCC(F)(F)CC1)C1CC2CCC1C2. The topological polar surface area (TPSA) is 20.2 Å². The summed E-state index contributed by atoms with van der Waals surface area (Å²) in [5.41, 5.74) is 0. The Bertz CT molecular complexity index is 282. The fourth-order valence-electron chi connectivity index (χ4n) is 4.47. The third-order valence-electron chi connectivity index (χ3n) is 5.48. The summed E-state index contributed by atoms with van der Waals surface area (Å²) in [6, 6.07) is 0. The molecule has 3 saturated carbocycles. The van der Waals surface area contributed by atoms with Crippen LogP contribution in [0.25, 0.3) is 0 Å². The molecule has 0 aliphatic heterocycles. The van der Waals surface area contributed by atoms with Gasteiger partial charge >= 0.3 is 0 Å². The second-order valence-electron chi connectivity index (χ2n) is 6.52. The maximum absolute atomic E-state index is 13.1. The molecule has 2 bridgehead atoms. The van der Waals surface area contributed by atoms with Crippen molar-refractivity contribution in [2.45, 2.75) is 63.4 Å². The van der Waals surface area contributed by atoms with Crippen LogP contribution in [0.15, 0.2) is 0 Å². The van der Waals surface area contributed by atoms with E-state index in [1.807, 2.05) is 0 Å². The predicted octanol–water partition coefficient (Wildman–Crippen LogP) is 3.61. The van der Waals surface area contributed by atoms with Gasteiger partial charge in [0.25, 0.3) is 0 Å². The first-order chi connectivity index (χ1) is 8.05. The number of alkyl halides is 2. The Balaban J connectivity index is 1.58. The van der Waals surface area contributed by atoms with E-state index in [0.29, 0.717) is 24.7 Å². The van der Waals surface area contributed by atoms with Crippen LogP contribution in [0.4, 0.5) is 8.78 Å². The van der Waals surface area contributed by atoms with Gasteiger partial charge in [-0.15, -0.1) is 0 Å². The molecule has 1 nitrogen and oxygen atoms in total. The second-order valence-corrected chi connectivity index (χ2v) is 6.52. The number of hydrogen-bond acceptors (Lipinski definition) is 1. The monoisotopic (exact) mass is 244 g/mol. The van der Waals surface area contributed by atoms with Crippen molar-refractivity contribution in [2.75, 3.05) is 0 Å². The van der Waals surface area contributed by atoms with Gasteiger partial charge in [0.15, 0.2) is 0 Å². The van der Waals surface area contributed by atoms with Gasteiger partial charge in [-0.2, -0.15) is 0 Å². The Labute approximate surface area is 102 Å². The molecule has 0 aromatic carbocycles. The van der Waals surface area contributed by atoms with Crippen molar-refractivity contribution < 1.29 is 13.9 Å². The summed E-state index contributed by atoms with van der Waals surface area (Å²) in [6.07, 6.45) is 5.71. The van der Waals surface area contributed by atoms with Crippen molar-refractivity contribution in [3.05, 3.63) is 0 Å². The third-order valence-corrected chi connectivity index (χ3v) is 5.48. The highest BCUT2D eigenvalue weighted by molar-refractivity contribution is 4.95. The minimum atomic E-state index is -2.47. The Kier molecular flexibility index (Phi) is 2.92. The summed E-state index contributed by atoms with van der Waals surface area (Å²) in [7, 11) is 0. The van der Waals surface area contributed by atoms with E-state index in [-0.39, 0.29) is 24.9 Å². The fourth-order valence-corrected chi connectivity index (χ4v) is 4.47. The average molecular weight is 244 g/mol. The number of aliphatic hydroxyl groups excluding tert-OH is 1. The van der Waals surface area contributed by atoms with Gasteiger partial charge in [-0.3, -0.25) is 0 Å². The van der Waals surface area contributed by atoms with Crippen molar-refractivity contribution in [1.29, 1.82) is 0 Å². The molecule has 3 aliphatic carbocycles. The minimum absolute atomic E-state index is 0.0183. The molecule has 0 heterocycles. The van der Waals surface area contributed by atoms with Gasteiger partial charge < -0.3 is 5.11 Å². The lowest BCUT2D eigenvalue weighted by Crippen LogP contribution is -2.37. The summed E-state index contributed by atoms with van der Waals surface area (Å²) < 4.78 is 26.2. The standard InChI is InChI=1S/C14H22F2O/c15-14(16)5-3-10(4-6-14)13(17)12-8-9-1-2-11(12)7-9/h9-13,17H,1-8H2. The fraction of sp³-hybridized carbons (Fsp3) is 1.00. The lowest BCUT2D eigenvalue weighted by Gasteiger charge is -2.36. The molecule has 3 rings (SSSR count). The first-order valence-electron chi connectivity index (χ1n) is 7.11. The first kappa shape index (κ1) is 11.9. The molecule has 4 atom stereocenters. The molecule has 4 unspecified atom stereocenters. The maximum Gasteiger partial charge on any atom is 0.248 e. The Morgan fingerprint density at radius 3 is 2.24 bits per heavy atom. The third kappa shape index (κ3) is 2.23. The van der Waals surface area contributed by atoms with Crippen LogP contribution >= 0.6 is 0 Å². The Hall–Kier alpha value is -0.180. The number of aliphatic hydroxyl groups is 1. The maximum atomic E-state index is 13.1. The van der Waals surface area contributed by atoms with Gasteiger partial charge in [-0.05, 0) is 55.8 Å². The zero-order valence-corrected chi connectivity index (χ0v) is 10.2. The Morgan fingerprint density at radius 2 is 1.71 bits per heavy atom. The summed E-state index contributed by atoms with van der Waals surface area (Å²) in [4.78, 5) is 0. The van der Waals surface area contributed by atoms with Crippen molar-refractivity contribution in [1.82, 2.24) is 0 Å². The first-order valence-corrected chi connectivity index (χ1v) is 7.11. The second kappa shape index (κ2) is 4.18. The van der Waals surface area contributed by atoms with E-state index in [0.717, 1.165) is 12.3 Å². The number of halogens is 2. The summed E-state index contributed by atoms with van der Waals surface area (Å²) in [6.45, 7) is 0. The smallest absolute Gasteiger partial charge is 0.248 e. The van der Waals surface area contributed by atoms with Gasteiger partial charge in [0, 0.05) is 12.8 Å². The highest BCUT2D eigenvalue weighted by Crippen LogP contribution is 2.52. The van der Waals surface area contributed by atoms with E-state index in [1.54, 1.807) is 0 Å². The van der Waals surface area contributed by atoms with Crippen LogP contribution in [0.5, 0.6) is 0 Å². The van der Waals surface area contributed by atoms with Crippen LogP contribution in [0.1, 0.15) is 51.4 Å². The largest absolute Gasteiger partial charge is 0.393 e. The van der Waals surface area contributed by atoms with Crippen molar-refractivity contribution in [2.24, 2.45) is 23.7 Å². The minimum Gasteiger partial charge on any atom is -0.393 e. The molecule has 0 radical (unpaired) electrons. The van der Waals surface area contributed by atoms with Crippen molar-refractivity contribution in [3.63, 3.8) is 0 Å². The van der Waals surface area contributed by atoms with E-state index >= 15 is 0 Å². The van der Waals surface area contributed by atoms with E-state index in [9.17, 15) is 13.9 Å². The lowest BCUT2D eigenvalue weighted by atomic mass is 9.74. The van der Waals surface area contributed by atoms with E-state index in [2.05, 4.69) is 0 Å². The zero-order chi connectivity index (χ0) is 12.0. The molecule has 0 amide bonds. The average Bonchev–Trinajstić information content (AvgIpc) is 2.89. The summed E-state index contributed by atoms with van der Waals surface area (Å²) in [5.74, 6) is -0.392. The molecule has 3 heteroatoms. The molecule has 0 aromatic heterocycles. The number of fused-ring (bicyclic) bond motifs is 2. The van der Waals surface area contributed by atoms with E-state index < -0.39 is 5.92 Å². The van der Waals surface area contributed by atoms with Crippen LogP contribution in [-0.2, 0) is 0 Å². The van der Waals surface area contributed by atoms with Crippen LogP contribution in [0, 0.1) is 23.7 Å². The highest BCUT2D eigenvalue weighted by atomic mass is 19.3. The van der Waals surface area contributed by atoms with E-state index in [1.165, 1.54) is 19.3 Å². The molecule has 3 fully saturated rings. The van der Waals surface area contributed by atoms with Crippen molar-refractivity contribution >= 4 is 0 Å². The van der Waals surface area contributed by atoms with Gasteiger partial charge in [0.05, 0.1) is 6.10 Å². The molecular formula is C14H22F2O. The van der Waals surface area contributed by atoms with Gasteiger partial charge in [-0.25, -0.2) is 8.78 Å².